The number of rotatable bonds is 3. The lowest BCUT2D eigenvalue weighted by atomic mass is 10.1. The van der Waals surface area contributed by atoms with E-state index in [4.69, 9.17) is 17.3 Å². The number of aromatic nitrogens is 2. The SMILES string of the molecule is CC(c1ccccc1Cl)N(C)c1ncc(N)cn1. The summed E-state index contributed by atoms with van der Waals surface area (Å²) in [6, 6.07) is 7.85. The van der Waals surface area contributed by atoms with E-state index in [-0.39, 0.29) is 6.04 Å². The van der Waals surface area contributed by atoms with E-state index in [2.05, 4.69) is 16.9 Å². The molecule has 1 aromatic heterocycles. The largest absolute Gasteiger partial charge is 0.396 e. The molecule has 2 N–H and O–H groups in total. The highest BCUT2D eigenvalue weighted by molar-refractivity contribution is 6.31. The van der Waals surface area contributed by atoms with Crippen molar-refractivity contribution >= 4 is 23.2 Å². The molecule has 0 spiro atoms. The summed E-state index contributed by atoms with van der Waals surface area (Å²) in [6.07, 6.45) is 3.19. The van der Waals surface area contributed by atoms with Crippen molar-refractivity contribution in [3.63, 3.8) is 0 Å². The van der Waals surface area contributed by atoms with Gasteiger partial charge in [-0.1, -0.05) is 29.8 Å². The first-order valence-corrected chi connectivity index (χ1v) is 6.02. The molecule has 94 valence electrons. The van der Waals surface area contributed by atoms with Gasteiger partial charge < -0.3 is 10.6 Å². The lowest BCUT2D eigenvalue weighted by molar-refractivity contribution is 0.715. The van der Waals surface area contributed by atoms with Crippen LogP contribution >= 0.6 is 11.6 Å². The van der Waals surface area contributed by atoms with E-state index >= 15 is 0 Å². The quantitative estimate of drug-likeness (QED) is 0.924. The molecule has 1 unspecified atom stereocenters. The van der Waals surface area contributed by atoms with Crippen LogP contribution in [0.1, 0.15) is 18.5 Å². The van der Waals surface area contributed by atoms with Crippen molar-refractivity contribution in [2.45, 2.75) is 13.0 Å². The molecule has 1 atom stereocenters. The molecule has 1 heterocycles. The van der Waals surface area contributed by atoms with E-state index in [1.165, 1.54) is 0 Å². The molecule has 0 saturated carbocycles. The van der Waals surface area contributed by atoms with E-state index < -0.39 is 0 Å². The number of halogens is 1. The zero-order valence-electron chi connectivity index (χ0n) is 10.3. The number of nitrogen functional groups attached to an aromatic ring is 1. The standard InChI is InChI=1S/C13H15ClN4/c1-9(11-5-3-4-6-12(11)14)18(2)13-16-7-10(15)8-17-13/h3-9H,15H2,1-2H3. The summed E-state index contributed by atoms with van der Waals surface area (Å²) in [5, 5.41) is 0.743. The summed E-state index contributed by atoms with van der Waals surface area (Å²) in [5.41, 5.74) is 7.17. The fraction of sp³-hybridized carbons (Fsp3) is 0.231. The predicted octanol–water partition coefficient (Wildman–Crippen LogP) is 2.91. The highest BCUT2D eigenvalue weighted by atomic mass is 35.5. The third-order valence-electron chi connectivity index (χ3n) is 2.91. The Hall–Kier alpha value is -1.81. The normalized spacial score (nSPS) is 12.2. The average Bonchev–Trinajstić information content (AvgIpc) is 2.38. The second-order valence-electron chi connectivity index (χ2n) is 4.12. The third-order valence-corrected chi connectivity index (χ3v) is 3.25. The molecular formula is C13H15ClN4. The number of nitrogens with two attached hydrogens (primary N) is 1. The van der Waals surface area contributed by atoms with Gasteiger partial charge in [-0.05, 0) is 18.6 Å². The summed E-state index contributed by atoms with van der Waals surface area (Å²) in [5.74, 6) is 0.622. The Morgan fingerprint density at radius 2 is 1.83 bits per heavy atom. The first-order chi connectivity index (χ1) is 8.59. The van der Waals surface area contributed by atoms with Gasteiger partial charge >= 0.3 is 0 Å². The van der Waals surface area contributed by atoms with Gasteiger partial charge in [-0.15, -0.1) is 0 Å². The van der Waals surface area contributed by atoms with E-state index in [0.717, 1.165) is 10.6 Å². The van der Waals surface area contributed by atoms with Crippen LogP contribution in [-0.2, 0) is 0 Å². The van der Waals surface area contributed by atoms with Crippen LogP contribution in [0.4, 0.5) is 11.6 Å². The van der Waals surface area contributed by atoms with Gasteiger partial charge in [0.05, 0.1) is 24.1 Å². The first kappa shape index (κ1) is 12.6. The number of nitrogens with zero attached hydrogens (tertiary/aromatic N) is 3. The van der Waals surface area contributed by atoms with Crippen LogP contribution in [0.5, 0.6) is 0 Å². The van der Waals surface area contributed by atoms with Crippen LogP contribution < -0.4 is 10.6 Å². The van der Waals surface area contributed by atoms with Crippen molar-refractivity contribution in [1.29, 1.82) is 0 Å². The Balaban J connectivity index is 2.26. The summed E-state index contributed by atoms with van der Waals surface area (Å²) < 4.78 is 0. The smallest absolute Gasteiger partial charge is 0.225 e. The Kier molecular flexibility index (Phi) is 3.67. The Morgan fingerprint density at radius 3 is 2.44 bits per heavy atom. The Bertz CT molecular complexity index is 527. The predicted molar refractivity (Wildman–Crippen MR) is 74.7 cm³/mol. The maximum Gasteiger partial charge on any atom is 0.225 e. The van der Waals surface area contributed by atoms with Crippen molar-refractivity contribution in [3.05, 3.63) is 47.2 Å². The molecule has 4 nitrogen and oxygen atoms in total. The Labute approximate surface area is 111 Å². The zero-order valence-corrected chi connectivity index (χ0v) is 11.1. The molecular weight excluding hydrogens is 248 g/mol. The van der Waals surface area contributed by atoms with Gasteiger partial charge in [0, 0.05) is 12.1 Å². The maximum absolute atomic E-state index is 6.19. The van der Waals surface area contributed by atoms with Gasteiger partial charge in [0.2, 0.25) is 5.95 Å². The van der Waals surface area contributed by atoms with Gasteiger partial charge in [-0.2, -0.15) is 0 Å². The van der Waals surface area contributed by atoms with E-state index in [1.54, 1.807) is 12.4 Å². The first-order valence-electron chi connectivity index (χ1n) is 5.64. The highest BCUT2D eigenvalue weighted by Gasteiger charge is 2.16. The van der Waals surface area contributed by atoms with E-state index in [0.29, 0.717) is 11.6 Å². The van der Waals surface area contributed by atoms with Crippen LogP contribution in [0.2, 0.25) is 5.02 Å². The fourth-order valence-electron chi connectivity index (χ4n) is 1.71. The lowest BCUT2D eigenvalue weighted by Gasteiger charge is -2.25. The maximum atomic E-state index is 6.19. The lowest BCUT2D eigenvalue weighted by Crippen LogP contribution is -2.23. The number of hydrogen-bond donors (Lipinski definition) is 1. The molecule has 0 radical (unpaired) electrons. The molecule has 18 heavy (non-hydrogen) atoms. The second kappa shape index (κ2) is 5.23. The minimum absolute atomic E-state index is 0.0855. The van der Waals surface area contributed by atoms with Crippen molar-refractivity contribution in [1.82, 2.24) is 9.97 Å². The topological polar surface area (TPSA) is 55.0 Å². The van der Waals surface area contributed by atoms with Crippen LogP contribution in [-0.4, -0.2) is 17.0 Å². The summed E-state index contributed by atoms with van der Waals surface area (Å²) in [7, 11) is 1.93. The molecule has 0 aliphatic rings. The monoisotopic (exact) mass is 262 g/mol. The van der Waals surface area contributed by atoms with E-state index in [9.17, 15) is 0 Å². The zero-order chi connectivity index (χ0) is 13.1. The molecule has 0 fully saturated rings. The van der Waals surface area contributed by atoms with Gasteiger partial charge in [-0.3, -0.25) is 0 Å². The molecule has 2 rings (SSSR count). The molecule has 2 aromatic rings. The summed E-state index contributed by atoms with van der Waals surface area (Å²) >= 11 is 6.19. The molecule has 0 bridgehead atoms. The molecule has 1 aromatic carbocycles. The highest BCUT2D eigenvalue weighted by Crippen LogP contribution is 2.28. The number of anilines is 2. The van der Waals surface area contributed by atoms with E-state index in [1.807, 2.05) is 36.2 Å². The van der Waals surface area contributed by atoms with Gasteiger partial charge in [0.1, 0.15) is 0 Å². The summed E-state index contributed by atoms with van der Waals surface area (Å²) in [4.78, 5) is 10.4. The van der Waals surface area contributed by atoms with Gasteiger partial charge in [0.25, 0.3) is 0 Å². The van der Waals surface area contributed by atoms with Crippen molar-refractivity contribution in [2.24, 2.45) is 0 Å². The average molecular weight is 263 g/mol. The number of benzene rings is 1. The van der Waals surface area contributed by atoms with Crippen LogP contribution in [0.3, 0.4) is 0 Å². The Morgan fingerprint density at radius 1 is 1.22 bits per heavy atom. The van der Waals surface area contributed by atoms with Crippen molar-refractivity contribution in [3.8, 4) is 0 Å². The van der Waals surface area contributed by atoms with Gasteiger partial charge in [0.15, 0.2) is 0 Å². The fourth-order valence-corrected chi connectivity index (χ4v) is 2.00. The molecule has 0 aliphatic carbocycles. The van der Waals surface area contributed by atoms with Crippen molar-refractivity contribution < 1.29 is 0 Å². The minimum atomic E-state index is 0.0855. The molecule has 0 amide bonds. The van der Waals surface area contributed by atoms with Crippen LogP contribution in [0.15, 0.2) is 36.7 Å². The summed E-state index contributed by atoms with van der Waals surface area (Å²) in [6.45, 7) is 2.06. The third kappa shape index (κ3) is 2.54. The minimum Gasteiger partial charge on any atom is -0.396 e. The molecule has 0 aliphatic heterocycles. The van der Waals surface area contributed by atoms with Crippen LogP contribution in [0.25, 0.3) is 0 Å². The second-order valence-corrected chi connectivity index (χ2v) is 4.53. The van der Waals surface area contributed by atoms with Crippen LogP contribution in [0, 0.1) is 0 Å². The molecule has 0 saturated heterocycles. The van der Waals surface area contributed by atoms with Crippen molar-refractivity contribution in [2.75, 3.05) is 17.7 Å². The molecule has 5 heteroatoms. The van der Waals surface area contributed by atoms with Gasteiger partial charge in [-0.25, -0.2) is 9.97 Å². The number of hydrogen-bond acceptors (Lipinski definition) is 4.